The van der Waals surface area contributed by atoms with Crippen LogP contribution in [0.4, 0.5) is 0 Å². The van der Waals surface area contributed by atoms with Crippen LogP contribution >= 0.6 is 15.9 Å². The number of nitrogens with zero attached hydrogens (tertiary/aromatic N) is 1. The van der Waals surface area contributed by atoms with Gasteiger partial charge in [-0.1, -0.05) is 15.9 Å². The van der Waals surface area contributed by atoms with E-state index < -0.39 is 0 Å². The van der Waals surface area contributed by atoms with Gasteiger partial charge < -0.3 is 14.2 Å². The highest BCUT2D eigenvalue weighted by Crippen LogP contribution is 2.27. The number of nitrogens with one attached hydrogen (secondary N) is 1. The van der Waals surface area contributed by atoms with Gasteiger partial charge in [-0.2, -0.15) is 5.10 Å². The molecule has 1 amide bonds. The average Bonchev–Trinajstić information content (AvgIpc) is 2.60. The largest absolute Gasteiger partial charge is 0.493 e. The Morgan fingerprint density at radius 1 is 1.12 bits per heavy atom. The van der Waals surface area contributed by atoms with Crippen molar-refractivity contribution in [3.8, 4) is 17.2 Å². The van der Waals surface area contributed by atoms with Crippen molar-refractivity contribution >= 4 is 28.1 Å². The fourth-order valence-corrected chi connectivity index (χ4v) is 2.19. The minimum atomic E-state index is -0.228. The molecule has 7 heteroatoms. The van der Waals surface area contributed by atoms with Gasteiger partial charge in [-0.05, 0) is 48.0 Å². The van der Waals surface area contributed by atoms with Crippen molar-refractivity contribution in [3.63, 3.8) is 0 Å². The first kappa shape index (κ1) is 18.8. The summed E-state index contributed by atoms with van der Waals surface area (Å²) < 4.78 is 17.6. The summed E-state index contributed by atoms with van der Waals surface area (Å²) in [6, 6.07) is 13.0. The summed E-state index contributed by atoms with van der Waals surface area (Å²) in [6.07, 6.45) is 1.53. The Bertz CT molecular complexity index is 732. The van der Waals surface area contributed by atoms with Crippen LogP contribution in [0.15, 0.2) is 52.0 Å². The third-order valence-electron chi connectivity index (χ3n) is 3.05. The van der Waals surface area contributed by atoms with Gasteiger partial charge in [-0.3, -0.25) is 4.79 Å². The van der Waals surface area contributed by atoms with E-state index in [-0.39, 0.29) is 5.91 Å². The molecule has 2 rings (SSSR count). The van der Waals surface area contributed by atoms with Gasteiger partial charge in [0, 0.05) is 11.4 Å². The molecule has 0 heterocycles. The second-order valence-electron chi connectivity index (χ2n) is 4.99. The van der Waals surface area contributed by atoms with Gasteiger partial charge in [-0.25, -0.2) is 5.43 Å². The van der Waals surface area contributed by atoms with E-state index in [4.69, 9.17) is 14.2 Å². The molecule has 25 heavy (non-hydrogen) atoms. The monoisotopic (exact) mass is 406 g/mol. The molecule has 0 saturated heterocycles. The zero-order valence-electron chi connectivity index (χ0n) is 14.0. The molecule has 6 nitrogen and oxygen atoms in total. The summed E-state index contributed by atoms with van der Waals surface area (Å²) in [5.74, 6) is 1.74. The molecule has 0 aliphatic carbocycles. The van der Waals surface area contributed by atoms with Crippen LogP contribution in [-0.4, -0.2) is 32.4 Å². The van der Waals surface area contributed by atoms with Crippen molar-refractivity contribution in [1.82, 2.24) is 5.43 Å². The number of hydrogen-bond acceptors (Lipinski definition) is 5. The minimum absolute atomic E-state index is 0.228. The number of rotatable bonds is 8. The third kappa shape index (κ3) is 6.46. The number of hydrazone groups is 1. The summed E-state index contributed by atoms with van der Waals surface area (Å²) in [7, 11) is 1.56. The van der Waals surface area contributed by atoms with E-state index in [9.17, 15) is 4.79 Å². The SMILES string of the molecule is COc1cc(/C=N/NC(C)=O)ccc1OCCOc1ccc(Br)cc1. The van der Waals surface area contributed by atoms with E-state index in [0.717, 1.165) is 15.8 Å². The van der Waals surface area contributed by atoms with Gasteiger partial charge in [0.2, 0.25) is 5.91 Å². The number of halogens is 1. The highest BCUT2D eigenvalue weighted by atomic mass is 79.9. The van der Waals surface area contributed by atoms with Gasteiger partial charge in [-0.15, -0.1) is 0 Å². The minimum Gasteiger partial charge on any atom is -0.493 e. The Morgan fingerprint density at radius 2 is 1.84 bits per heavy atom. The normalized spacial score (nSPS) is 10.5. The molecule has 0 spiro atoms. The fourth-order valence-electron chi connectivity index (χ4n) is 1.92. The smallest absolute Gasteiger partial charge is 0.236 e. The number of carbonyl (C=O) groups excluding carboxylic acids is 1. The summed E-state index contributed by atoms with van der Waals surface area (Å²) in [4.78, 5) is 10.8. The lowest BCUT2D eigenvalue weighted by Crippen LogP contribution is -2.12. The number of benzene rings is 2. The van der Waals surface area contributed by atoms with Crippen LogP contribution in [0.3, 0.4) is 0 Å². The number of carbonyl (C=O) groups is 1. The van der Waals surface area contributed by atoms with E-state index >= 15 is 0 Å². The van der Waals surface area contributed by atoms with E-state index in [2.05, 4.69) is 26.5 Å². The first-order valence-corrected chi connectivity index (χ1v) is 8.36. The van der Waals surface area contributed by atoms with Crippen LogP contribution in [-0.2, 0) is 4.79 Å². The van der Waals surface area contributed by atoms with E-state index in [1.54, 1.807) is 19.2 Å². The molecule has 0 bridgehead atoms. The predicted octanol–water partition coefficient (Wildman–Crippen LogP) is 3.39. The van der Waals surface area contributed by atoms with Crippen molar-refractivity contribution in [3.05, 3.63) is 52.5 Å². The number of ether oxygens (including phenoxy) is 3. The topological polar surface area (TPSA) is 69.2 Å². The maximum absolute atomic E-state index is 10.8. The second kappa shape index (κ2) is 9.68. The van der Waals surface area contributed by atoms with E-state index in [0.29, 0.717) is 24.7 Å². The van der Waals surface area contributed by atoms with Gasteiger partial charge in [0.25, 0.3) is 0 Å². The van der Waals surface area contributed by atoms with Crippen molar-refractivity contribution < 1.29 is 19.0 Å². The highest BCUT2D eigenvalue weighted by Gasteiger charge is 2.05. The van der Waals surface area contributed by atoms with Gasteiger partial charge in [0.1, 0.15) is 19.0 Å². The molecule has 2 aromatic rings. The Hall–Kier alpha value is -2.54. The maximum atomic E-state index is 10.8. The Morgan fingerprint density at radius 3 is 2.52 bits per heavy atom. The molecular formula is C18H19BrN2O4. The Labute approximate surface area is 154 Å². The highest BCUT2D eigenvalue weighted by molar-refractivity contribution is 9.10. The summed E-state index contributed by atoms with van der Waals surface area (Å²) >= 11 is 3.38. The van der Waals surface area contributed by atoms with Crippen molar-refractivity contribution in [2.45, 2.75) is 6.92 Å². The Balaban J connectivity index is 1.87. The van der Waals surface area contributed by atoms with Crippen LogP contribution in [0.5, 0.6) is 17.2 Å². The molecule has 0 radical (unpaired) electrons. The molecule has 0 aromatic heterocycles. The molecular weight excluding hydrogens is 388 g/mol. The van der Waals surface area contributed by atoms with Gasteiger partial charge in [0.15, 0.2) is 11.5 Å². The van der Waals surface area contributed by atoms with Crippen molar-refractivity contribution in [2.75, 3.05) is 20.3 Å². The van der Waals surface area contributed by atoms with Crippen LogP contribution < -0.4 is 19.6 Å². The summed E-state index contributed by atoms with van der Waals surface area (Å²) in [6.45, 7) is 2.19. The van der Waals surface area contributed by atoms with Crippen LogP contribution in [0.1, 0.15) is 12.5 Å². The third-order valence-corrected chi connectivity index (χ3v) is 3.58. The molecule has 0 unspecified atom stereocenters. The lowest BCUT2D eigenvalue weighted by molar-refractivity contribution is -0.118. The van der Waals surface area contributed by atoms with Crippen molar-refractivity contribution in [1.29, 1.82) is 0 Å². The predicted molar refractivity (Wildman–Crippen MR) is 99.5 cm³/mol. The van der Waals surface area contributed by atoms with Crippen LogP contribution in [0, 0.1) is 0 Å². The lowest BCUT2D eigenvalue weighted by atomic mass is 10.2. The number of methoxy groups -OCH3 is 1. The average molecular weight is 407 g/mol. The summed E-state index contributed by atoms with van der Waals surface area (Å²) in [5, 5.41) is 3.82. The zero-order chi connectivity index (χ0) is 18.1. The fraction of sp³-hybridized carbons (Fsp3) is 0.222. The molecule has 1 N–H and O–H groups in total. The number of amides is 1. The first-order valence-electron chi connectivity index (χ1n) is 7.57. The van der Waals surface area contributed by atoms with Crippen LogP contribution in [0.2, 0.25) is 0 Å². The van der Waals surface area contributed by atoms with Gasteiger partial charge >= 0.3 is 0 Å². The molecule has 0 fully saturated rings. The van der Waals surface area contributed by atoms with E-state index in [1.807, 2.05) is 30.3 Å². The molecule has 0 aliphatic rings. The molecule has 0 aliphatic heterocycles. The Kier molecular flexibility index (Phi) is 7.28. The second-order valence-corrected chi connectivity index (χ2v) is 5.90. The quantitative estimate of drug-likeness (QED) is 0.414. The maximum Gasteiger partial charge on any atom is 0.236 e. The first-order chi connectivity index (χ1) is 12.1. The van der Waals surface area contributed by atoms with Crippen molar-refractivity contribution in [2.24, 2.45) is 5.10 Å². The lowest BCUT2D eigenvalue weighted by Gasteiger charge is -2.12. The van der Waals surface area contributed by atoms with Gasteiger partial charge in [0.05, 0.1) is 13.3 Å². The zero-order valence-corrected chi connectivity index (χ0v) is 15.6. The molecule has 132 valence electrons. The standard InChI is InChI=1S/C18H19BrN2O4/c1-13(22)21-20-12-14-3-8-17(18(11-14)23-2)25-10-9-24-16-6-4-15(19)5-7-16/h3-8,11-12H,9-10H2,1-2H3,(H,21,22)/b20-12+. The van der Waals surface area contributed by atoms with E-state index in [1.165, 1.54) is 13.1 Å². The van der Waals surface area contributed by atoms with Crippen LogP contribution in [0.25, 0.3) is 0 Å². The molecule has 2 aromatic carbocycles. The molecule has 0 atom stereocenters. The number of hydrogen-bond donors (Lipinski definition) is 1. The molecule has 0 saturated carbocycles. The summed E-state index contributed by atoms with van der Waals surface area (Å²) in [5.41, 5.74) is 3.13.